The molecule has 0 aliphatic carbocycles. The smallest absolute Gasteiger partial charge is 0.167 e. The Morgan fingerprint density at radius 3 is 2.80 bits per heavy atom. The Morgan fingerprint density at radius 1 is 1.53 bits per heavy atom. The Bertz CT molecular complexity index is 315. The average Bonchev–Trinajstić information content (AvgIpc) is 2.17. The lowest BCUT2D eigenvalue weighted by atomic mass is 10.2. The molecule has 0 spiro atoms. The number of nitrogens with two attached hydrogens (primary N) is 1. The molecule has 15 heavy (non-hydrogen) atoms. The van der Waals surface area contributed by atoms with Gasteiger partial charge in [-0.2, -0.15) is 0 Å². The second-order valence-electron chi connectivity index (χ2n) is 3.54. The van der Waals surface area contributed by atoms with Crippen LogP contribution in [0.5, 0.6) is 5.75 Å². The first-order valence-corrected chi connectivity index (χ1v) is 4.96. The lowest BCUT2D eigenvalue weighted by molar-refractivity contribution is 0.386. The molecular weight excluding hydrogens is 195 g/mol. The second-order valence-corrected chi connectivity index (χ2v) is 3.54. The Hall–Kier alpha value is -1.29. The summed E-state index contributed by atoms with van der Waals surface area (Å²) in [6, 6.07) is 4.95. The fourth-order valence-corrected chi connectivity index (χ4v) is 1.22. The monoisotopic (exact) mass is 212 g/mol. The predicted molar refractivity (Wildman–Crippen MR) is 59.7 cm³/mol. The molecule has 0 aliphatic rings. The van der Waals surface area contributed by atoms with Crippen LogP contribution in [-0.2, 0) is 0 Å². The van der Waals surface area contributed by atoms with Crippen LogP contribution in [0.1, 0.15) is 13.3 Å². The van der Waals surface area contributed by atoms with E-state index in [2.05, 4.69) is 5.32 Å². The minimum atomic E-state index is -0.358. The van der Waals surface area contributed by atoms with E-state index in [1.807, 2.05) is 6.92 Å². The molecule has 1 aromatic rings. The van der Waals surface area contributed by atoms with E-state index in [0.717, 1.165) is 18.7 Å². The van der Waals surface area contributed by atoms with Gasteiger partial charge < -0.3 is 15.8 Å². The maximum atomic E-state index is 13.2. The van der Waals surface area contributed by atoms with Gasteiger partial charge in [-0.25, -0.2) is 4.39 Å². The molecule has 0 aromatic heterocycles. The predicted octanol–water partition coefficient (Wildman–Crippen LogP) is 1.98. The molecular formula is C11H17FN2O. The third-order valence-electron chi connectivity index (χ3n) is 2.08. The van der Waals surface area contributed by atoms with Crippen molar-refractivity contribution in [3.8, 4) is 5.75 Å². The van der Waals surface area contributed by atoms with E-state index in [-0.39, 0.29) is 17.6 Å². The molecule has 3 nitrogen and oxygen atoms in total. The highest BCUT2D eigenvalue weighted by Crippen LogP contribution is 2.20. The standard InChI is InChI=1S/C11H17FN2O/c1-8(13)5-6-14-9-3-4-11(15-2)10(12)7-9/h3-4,7-8,14H,5-6,13H2,1-2H3. The molecule has 0 fully saturated rings. The van der Waals surface area contributed by atoms with Crippen LogP contribution < -0.4 is 15.8 Å². The number of benzene rings is 1. The third kappa shape index (κ3) is 3.75. The van der Waals surface area contributed by atoms with Gasteiger partial charge in [0.25, 0.3) is 0 Å². The van der Waals surface area contributed by atoms with E-state index in [0.29, 0.717) is 0 Å². The number of methoxy groups -OCH3 is 1. The molecule has 0 aliphatic heterocycles. The van der Waals surface area contributed by atoms with E-state index in [9.17, 15) is 4.39 Å². The van der Waals surface area contributed by atoms with E-state index in [1.165, 1.54) is 13.2 Å². The summed E-state index contributed by atoms with van der Waals surface area (Å²) in [6.45, 7) is 2.68. The zero-order valence-corrected chi connectivity index (χ0v) is 9.09. The highest BCUT2D eigenvalue weighted by Gasteiger charge is 2.02. The summed E-state index contributed by atoms with van der Waals surface area (Å²) in [5.74, 6) is -0.101. The number of nitrogens with one attached hydrogen (secondary N) is 1. The molecule has 0 saturated heterocycles. The van der Waals surface area contributed by atoms with Gasteiger partial charge in [0.1, 0.15) is 0 Å². The van der Waals surface area contributed by atoms with Gasteiger partial charge in [-0.3, -0.25) is 0 Å². The van der Waals surface area contributed by atoms with Crippen molar-refractivity contribution in [1.29, 1.82) is 0 Å². The van der Waals surface area contributed by atoms with Crippen molar-refractivity contribution in [3.63, 3.8) is 0 Å². The quantitative estimate of drug-likeness (QED) is 0.784. The molecule has 1 atom stereocenters. The first-order valence-electron chi connectivity index (χ1n) is 4.96. The Kier molecular flexibility index (Phi) is 4.37. The lowest BCUT2D eigenvalue weighted by Crippen LogP contribution is -2.19. The SMILES string of the molecule is COc1ccc(NCCC(C)N)cc1F. The Labute approximate surface area is 89.4 Å². The summed E-state index contributed by atoms with van der Waals surface area (Å²) in [7, 11) is 1.45. The van der Waals surface area contributed by atoms with E-state index >= 15 is 0 Å². The molecule has 4 heteroatoms. The van der Waals surface area contributed by atoms with Gasteiger partial charge in [-0.15, -0.1) is 0 Å². The van der Waals surface area contributed by atoms with Crippen LogP contribution >= 0.6 is 0 Å². The van der Waals surface area contributed by atoms with Crippen molar-refractivity contribution in [1.82, 2.24) is 0 Å². The van der Waals surface area contributed by atoms with Crippen LogP contribution in [0.15, 0.2) is 18.2 Å². The van der Waals surface area contributed by atoms with E-state index in [1.54, 1.807) is 12.1 Å². The second kappa shape index (κ2) is 5.56. The van der Waals surface area contributed by atoms with Crippen LogP contribution in [0.2, 0.25) is 0 Å². The van der Waals surface area contributed by atoms with Gasteiger partial charge in [0.05, 0.1) is 7.11 Å². The third-order valence-corrected chi connectivity index (χ3v) is 2.08. The van der Waals surface area contributed by atoms with Crippen LogP contribution in [-0.4, -0.2) is 19.7 Å². The van der Waals surface area contributed by atoms with Crippen LogP contribution in [0.3, 0.4) is 0 Å². The fraction of sp³-hybridized carbons (Fsp3) is 0.455. The molecule has 0 amide bonds. The first kappa shape index (κ1) is 11.8. The van der Waals surface area contributed by atoms with E-state index < -0.39 is 0 Å². The maximum Gasteiger partial charge on any atom is 0.167 e. The molecule has 1 aromatic carbocycles. The summed E-state index contributed by atoms with van der Waals surface area (Å²) < 4.78 is 18.1. The number of halogens is 1. The number of ether oxygens (including phenoxy) is 1. The summed E-state index contributed by atoms with van der Waals surface area (Å²) in [4.78, 5) is 0. The zero-order valence-electron chi connectivity index (χ0n) is 9.09. The molecule has 1 unspecified atom stereocenters. The Balaban J connectivity index is 2.52. The minimum Gasteiger partial charge on any atom is -0.494 e. The molecule has 0 saturated carbocycles. The van der Waals surface area contributed by atoms with E-state index in [4.69, 9.17) is 10.5 Å². The molecule has 0 radical (unpaired) electrons. The van der Waals surface area contributed by atoms with Crippen molar-refractivity contribution in [3.05, 3.63) is 24.0 Å². The largest absolute Gasteiger partial charge is 0.494 e. The van der Waals surface area contributed by atoms with Crippen LogP contribution in [0.4, 0.5) is 10.1 Å². The van der Waals surface area contributed by atoms with Gasteiger partial charge >= 0.3 is 0 Å². The van der Waals surface area contributed by atoms with Gasteiger partial charge in [0, 0.05) is 24.3 Å². The highest BCUT2D eigenvalue weighted by molar-refractivity contribution is 5.47. The van der Waals surface area contributed by atoms with Crippen molar-refractivity contribution >= 4 is 5.69 Å². The number of anilines is 1. The maximum absolute atomic E-state index is 13.2. The van der Waals surface area contributed by atoms with Crippen molar-refractivity contribution in [2.24, 2.45) is 5.73 Å². The van der Waals surface area contributed by atoms with Crippen molar-refractivity contribution in [2.45, 2.75) is 19.4 Å². The van der Waals surface area contributed by atoms with Gasteiger partial charge in [0.2, 0.25) is 0 Å². The summed E-state index contributed by atoms with van der Waals surface area (Å²) in [5.41, 5.74) is 6.34. The Morgan fingerprint density at radius 2 is 2.27 bits per heavy atom. The van der Waals surface area contributed by atoms with Crippen molar-refractivity contribution < 1.29 is 9.13 Å². The highest BCUT2D eigenvalue weighted by atomic mass is 19.1. The topological polar surface area (TPSA) is 47.3 Å². The van der Waals surface area contributed by atoms with Gasteiger partial charge in [-0.1, -0.05) is 0 Å². The normalized spacial score (nSPS) is 12.3. The number of hydrogen-bond donors (Lipinski definition) is 2. The van der Waals surface area contributed by atoms with Gasteiger partial charge in [0.15, 0.2) is 11.6 Å². The molecule has 0 heterocycles. The van der Waals surface area contributed by atoms with Crippen LogP contribution in [0, 0.1) is 5.82 Å². The van der Waals surface area contributed by atoms with Crippen LogP contribution in [0.25, 0.3) is 0 Å². The zero-order chi connectivity index (χ0) is 11.3. The lowest BCUT2D eigenvalue weighted by Gasteiger charge is -2.09. The van der Waals surface area contributed by atoms with Crippen molar-refractivity contribution in [2.75, 3.05) is 19.0 Å². The molecule has 1 rings (SSSR count). The molecule has 3 N–H and O–H groups in total. The fourth-order valence-electron chi connectivity index (χ4n) is 1.22. The summed E-state index contributed by atoms with van der Waals surface area (Å²) >= 11 is 0. The number of rotatable bonds is 5. The summed E-state index contributed by atoms with van der Waals surface area (Å²) in [5, 5.41) is 3.09. The minimum absolute atomic E-state index is 0.153. The first-order chi connectivity index (χ1) is 7.13. The molecule has 0 bridgehead atoms. The number of hydrogen-bond acceptors (Lipinski definition) is 3. The average molecular weight is 212 g/mol. The summed E-state index contributed by atoms with van der Waals surface area (Å²) in [6.07, 6.45) is 0.855. The molecule has 84 valence electrons. The van der Waals surface area contributed by atoms with Gasteiger partial charge in [-0.05, 0) is 25.5 Å².